The molecule has 1 N–H and O–H groups in total. The van der Waals surface area contributed by atoms with Crippen LogP contribution in [0.5, 0.6) is 5.75 Å². The summed E-state index contributed by atoms with van der Waals surface area (Å²) in [6.45, 7) is 3.42. The van der Waals surface area contributed by atoms with Gasteiger partial charge in [-0.05, 0) is 43.7 Å². The van der Waals surface area contributed by atoms with Gasteiger partial charge < -0.3 is 14.5 Å². The van der Waals surface area contributed by atoms with Gasteiger partial charge in [0, 0.05) is 28.2 Å². The first-order valence-corrected chi connectivity index (χ1v) is 8.64. The van der Waals surface area contributed by atoms with Crippen LogP contribution >= 0.6 is 0 Å². The number of hydrogen-bond donors (Lipinski definition) is 1. The van der Waals surface area contributed by atoms with Crippen molar-refractivity contribution in [2.75, 3.05) is 7.11 Å². The molecule has 1 atom stereocenters. The minimum Gasteiger partial charge on any atom is -0.497 e. The molecule has 0 aliphatic carbocycles. The SMILES string of the molecule is COc1cccc(/C=C/C(=O)OC(C)C(=O)c2c(C)[nH]c3ccccc23)c1. The van der Waals surface area contributed by atoms with Crippen molar-refractivity contribution >= 4 is 28.7 Å². The van der Waals surface area contributed by atoms with Gasteiger partial charge >= 0.3 is 5.97 Å². The number of benzene rings is 2. The zero-order valence-corrected chi connectivity index (χ0v) is 15.5. The summed E-state index contributed by atoms with van der Waals surface area (Å²) in [5.41, 5.74) is 3.01. The van der Waals surface area contributed by atoms with E-state index in [1.54, 1.807) is 26.2 Å². The van der Waals surface area contributed by atoms with Gasteiger partial charge in [0.15, 0.2) is 6.10 Å². The second kappa shape index (κ2) is 7.91. The second-order valence-electron chi connectivity index (χ2n) is 6.22. The number of esters is 1. The number of ketones is 1. The molecule has 3 rings (SSSR count). The third-order valence-corrected chi connectivity index (χ3v) is 4.31. The minimum absolute atomic E-state index is 0.229. The van der Waals surface area contributed by atoms with Gasteiger partial charge in [-0.3, -0.25) is 4.79 Å². The third kappa shape index (κ3) is 4.08. The molecule has 138 valence electrons. The van der Waals surface area contributed by atoms with Gasteiger partial charge in [0.05, 0.1) is 7.11 Å². The molecule has 1 aromatic heterocycles. The zero-order chi connectivity index (χ0) is 19.4. The molecular weight excluding hydrogens is 342 g/mol. The van der Waals surface area contributed by atoms with Crippen LogP contribution in [0.1, 0.15) is 28.5 Å². The number of H-pyrrole nitrogens is 1. The molecule has 1 heterocycles. The van der Waals surface area contributed by atoms with Crippen LogP contribution in [0.2, 0.25) is 0 Å². The average molecular weight is 363 g/mol. The van der Waals surface area contributed by atoms with E-state index in [1.165, 1.54) is 6.08 Å². The van der Waals surface area contributed by atoms with E-state index in [4.69, 9.17) is 9.47 Å². The van der Waals surface area contributed by atoms with Gasteiger partial charge in [-0.2, -0.15) is 0 Å². The lowest BCUT2D eigenvalue weighted by Gasteiger charge is -2.11. The number of para-hydroxylation sites is 1. The maximum absolute atomic E-state index is 12.8. The molecule has 0 fully saturated rings. The zero-order valence-electron chi connectivity index (χ0n) is 15.5. The number of hydrogen-bond acceptors (Lipinski definition) is 4. The Balaban J connectivity index is 1.71. The van der Waals surface area contributed by atoms with E-state index in [-0.39, 0.29) is 5.78 Å². The maximum Gasteiger partial charge on any atom is 0.331 e. The number of carbonyl (C=O) groups is 2. The van der Waals surface area contributed by atoms with Gasteiger partial charge in [-0.25, -0.2) is 4.79 Å². The number of rotatable bonds is 6. The molecule has 2 aromatic carbocycles. The number of methoxy groups -OCH3 is 1. The number of Topliss-reactive ketones (excluding diaryl/α,β-unsaturated/α-hetero) is 1. The van der Waals surface area contributed by atoms with E-state index in [0.29, 0.717) is 11.3 Å². The molecule has 0 spiro atoms. The standard InChI is InChI=1S/C22H21NO4/c1-14-21(18-9-4-5-10-19(18)23-14)22(25)15(2)27-20(24)12-11-16-7-6-8-17(13-16)26-3/h4-13,15,23H,1-3H3/b12-11+. The fourth-order valence-electron chi connectivity index (χ4n) is 2.97. The lowest BCUT2D eigenvalue weighted by Crippen LogP contribution is -2.24. The Hall–Kier alpha value is -3.34. The predicted octanol–water partition coefficient (Wildman–Crippen LogP) is 4.31. The first-order valence-electron chi connectivity index (χ1n) is 8.64. The quantitative estimate of drug-likeness (QED) is 0.402. The fourth-order valence-corrected chi connectivity index (χ4v) is 2.97. The van der Waals surface area contributed by atoms with Crippen molar-refractivity contribution in [1.29, 1.82) is 0 Å². The van der Waals surface area contributed by atoms with Crippen molar-refractivity contribution in [2.24, 2.45) is 0 Å². The van der Waals surface area contributed by atoms with Crippen LogP contribution in [-0.2, 0) is 9.53 Å². The van der Waals surface area contributed by atoms with E-state index in [9.17, 15) is 9.59 Å². The molecule has 0 saturated heterocycles. The van der Waals surface area contributed by atoms with Gasteiger partial charge in [0.25, 0.3) is 0 Å². The summed E-state index contributed by atoms with van der Waals surface area (Å²) in [5.74, 6) is -0.104. The molecule has 0 aliphatic heterocycles. The van der Waals surface area contributed by atoms with Crippen LogP contribution in [0, 0.1) is 6.92 Å². The van der Waals surface area contributed by atoms with Crippen molar-refractivity contribution in [3.05, 3.63) is 71.4 Å². The largest absolute Gasteiger partial charge is 0.497 e. The molecule has 3 aromatic rings. The number of aromatic nitrogens is 1. The van der Waals surface area contributed by atoms with E-state index in [2.05, 4.69) is 4.98 Å². The number of aromatic amines is 1. The normalized spacial score (nSPS) is 12.3. The topological polar surface area (TPSA) is 68.4 Å². The van der Waals surface area contributed by atoms with Crippen molar-refractivity contribution in [3.8, 4) is 5.75 Å². The van der Waals surface area contributed by atoms with Crippen LogP contribution in [0.3, 0.4) is 0 Å². The number of ether oxygens (including phenoxy) is 2. The first-order chi connectivity index (χ1) is 13.0. The Morgan fingerprint density at radius 1 is 1.11 bits per heavy atom. The van der Waals surface area contributed by atoms with Crippen LogP contribution in [0.15, 0.2) is 54.6 Å². The highest BCUT2D eigenvalue weighted by Crippen LogP contribution is 2.24. The third-order valence-electron chi connectivity index (χ3n) is 4.31. The highest BCUT2D eigenvalue weighted by Gasteiger charge is 2.23. The number of carbonyl (C=O) groups excluding carboxylic acids is 2. The maximum atomic E-state index is 12.8. The first kappa shape index (κ1) is 18.5. The molecule has 5 heteroatoms. The van der Waals surface area contributed by atoms with Crippen LogP contribution in [0.4, 0.5) is 0 Å². The number of nitrogens with one attached hydrogen (secondary N) is 1. The Labute approximate surface area is 157 Å². The lowest BCUT2D eigenvalue weighted by atomic mass is 10.0. The summed E-state index contributed by atoms with van der Waals surface area (Å²) in [6.07, 6.45) is 2.05. The van der Waals surface area contributed by atoms with Crippen molar-refractivity contribution in [2.45, 2.75) is 20.0 Å². The summed E-state index contributed by atoms with van der Waals surface area (Å²) in [6, 6.07) is 14.9. The fraction of sp³-hybridized carbons (Fsp3) is 0.182. The smallest absolute Gasteiger partial charge is 0.331 e. The van der Waals surface area contributed by atoms with E-state index in [1.807, 2.05) is 49.4 Å². The van der Waals surface area contributed by atoms with Crippen LogP contribution in [0.25, 0.3) is 17.0 Å². The predicted molar refractivity (Wildman–Crippen MR) is 105 cm³/mol. The lowest BCUT2D eigenvalue weighted by molar-refractivity contribution is -0.140. The Morgan fingerprint density at radius 3 is 2.67 bits per heavy atom. The van der Waals surface area contributed by atoms with Crippen molar-refractivity contribution < 1.29 is 19.1 Å². The molecular formula is C22H21NO4. The Bertz CT molecular complexity index is 1020. The molecule has 27 heavy (non-hydrogen) atoms. The number of aryl methyl sites for hydroxylation is 1. The Kier molecular flexibility index (Phi) is 5.41. The summed E-state index contributed by atoms with van der Waals surface area (Å²) < 4.78 is 10.4. The van der Waals surface area contributed by atoms with E-state index in [0.717, 1.165) is 22.2 Å². The summed E-state index contributed by atoms with van der Waals surface area (Å²) >= 11 is 0. The average Bonchev–Trinajstić information content (AvgIpc) is 3.01. The molecule has 0 saturated carbocycles. The molecule has 0 bridgehead atoms. The van der Waals surface area contributed by atoms with Crippen molar-refractivity contribution in [3.63, 3.8) is 0 Å². The molecule has 0 aliphatic rings. The van der Waals surface area contributed by atoms with Gasteiger partial charge in [0.1, 0.15) is 5.75 Å². The van der Waals surface area contributed by atoms with Crippen LogP contribution < -0.4 is 4.74 Å². The number of fused-ring (bicyclic) bond motifs is 1. The van der Waals surface area contributed by atoms with E-state index >= 15 is 0 Å². The van der Waals surface area contributed by atoms with Gasteiger partial charge in [-0.15, -0.1) is 0 Å². The molecule has 1 unspecified atom stereocenters. The Morgan fingerprint density at radius 2 is 1.89 bits per heavy atom. The highest BCUT2D eigenvalue weighted by molar-refractivity contribution is 6.11. The monoisotopic (exact) mass is 363 g/mol. The summed E-state index contributed by atoms with van der Waals surface area (Å²) in [7, 11) is 1.58. The second-order valence-corrected chi connectivity index (χ2v) is 6.22. The molecule has 0 radical (unpaired) electrons. The van der Waals surface area contributed by atoms with E-state index < -0.39 is 12.1 Å². The molecule has 0 amide bonds. The van der Waals surface area contributed by atoms with Gasteiger partial charge in [-0.1, -0.05) is 30.3 Å². The van der Waals surface area contributed by atoms with Crippen molar-refractivity contribution in [1.82, 2.24) is 4.98 Å². The summed E-state index contributed by atoms with van der Waals surface area (Å²) in [5, 5.41) is 0.829. The van der Waals surface area contributed by atoms with Gasteiger partial charge in [0.2, 0.25) is 5.78 Å². The molecule has 5 nitrogen and oxygen atoms in total. The summed E-state index contributed by atoms with van der Waals surface area (Å²) in [4.78, 5) is 28.1. The highest BCUT2D eigenvalue weighted by atomic mass is 16.5. The van der Waals surface area contributed by atoms with Crippen LogP contribution in [-0.4, -0.2) is 30.0 Å². The minimum atomic E-state index is -0.884.